The predicted molar refractivity (Wildman–Crippen MR) is 129 cm³/mol. The van der Waals surface area contributed by atoms with Gasteiger partial charge in [0.1, 0.15) is 4.99 Å². The molecule has 2 aromatic heterocycles. The van der Waals surface area contributed by atoms with Crippen LogP contribution in [0.2, 0.25) is 0 Å². The normalized spacial score (nSPS) is 17.8. The number of anilines is 1. The van der Waals surface area contributed by atoms with Crippen molar-refractivity contribution in [1.82, 2.24) is 20.8 Å². The van der Waals surface area contributed by atoms with E-state index in [1.54, 1.807) is 0 Å². The highest BCUT2D eigenvalue weighted by atomic mass is 32.1. The molecule has 152 valence electrons. The Morgan fingerprint density at radius 2 is 1.74 bits per heavy atom. The minimum Gasteiger partial charge on any atom is -0.348 e. The van der Waals surface area contributed by atoms with Gasteiger partial charge >= 0.3 is 0 Å². The largest absolute Gasteiger partial charge is 0.348 e. The average Bonchev–Trinajstić information content (AvgIpc) is 3.25. The van der Waals surface area contributed by atoms with E-state index in [9.17, 15) is 0 Å². The molecule has 1 atom stereocenters. The highest BCUT2D eigenvalue weighted by molar-refractivity contribution is 7.80. The van der Waals surface area contributed by atoms with Crippen molar-refractivity contribution in [2.45, 2.75) is 12.5 Å². The molecule has 3 N–H and O–H groups in total. The molecule has 5 rings (SSSR count). The molecule has 0 saturated heterocycles. The molecule has 2 aromatic carbocycles. The Morgan fingerprint density at radius 3 is 2.58 bits per heavy atom. The zero-order valence-electron chi connectivity index (χ0n) is 17.0. The van der Waals surface area contributed by atoms with E-state index in [4.69, 9.17) is 17.2 Å². The smallest absolute Gasteiger partial charge is 0.156 e. The average molecular weight is 424 g/mol. The Hall–Kier alpha value is -3.61. The van der Waals surface area contributed by atoms with E-state index in [-0.39, 0.29) is 0 Å². The molecule has 1 unspecified atom stereocenters. The summed E-state index contributed by atoms with van der Waals surface area (Å²) < 4.78 is 0. The summed E-state index contributed by atoms with van der Waals surface area (Å²) in [6, 6.07) is 26.1. The van der Waals surface area contributed by atoms with Crippen LogP contribution < -0.4 is 16.2 Å². The van der Waals surface area contributed by atoms with Crippen LogP contribution in [-0.4, -0.2) is 15.0 Å². The van der Waals surface area contributed by atoms with Gasteiger partial charge in [-0.05, 0) is 48.9 Å². The first-order valence-corrected chi connectivity index (χ1v) is 10.5. The topological polar surface area (TPSA) is 61.9 Å². The van der Waals surface area contributed by atoms with E-state index >= 15 is 0 Å². The molecule has 0 saturated carbocycles. The van der Waals surface area contributed by atoms with Crippen LogP contribution >= 0.6 is 12.2 Å². The summed E-state index contributed by atoms with van der Waals surface area (Å²) in [6.07, 6.45) is 3.80. The Bertz CT molecular complexity index is 1300. The number of hydrogen-bond donors (Lipinski definition) is 3. The highest BCUT2D eigenvalue weighted by Crippen LogP contribution is 2.41. The fourth-order valence-corrected chi connectivity index (χ4v) is 4.38. The molecule has 3 heterocycles. The number of benzene rings is 2. The van der Waals surface area contributed by atoms with E-state index in [1.807, 2.05) is 92.1 Å². The van der Waals surface area contributed by atoms with Gasteiger partial charge in [-0.3, -0.25) is 9.97 Å². The minimum absolute atomic E-state index is 0.606. The van der Waals surface area contributed by atoms with Crippen LogP contribution in [0.3, 0.4) is 0 Å². The van der Waals surface area contributed by atoms with Crippen molar-refractivity contribution < 1.29 is 0 Å². The number of aryl methyl sites for hydroxylation is 1. The molecule has 6 heteroatoms. The molecular formula is C25H21N5S. The molecule has 4 aromatic rings. The van der Waals surface area contributed by atoms with Crippen LogP contribution in [0.15, 0.2) is 91.3 Å². The summed E-state index contributed by atoms with van der Waals surface area (Å²) in [6.45, 7) is 1.98. The molecule has 0 radical (unpaired) electrons. The maximum absolute atomic E-state index is 6.02. The SMILES string of the molecule is Cc1cccc(C2(C(=S)Nc3ccccc3)NNC=C2c2ccnc3ccccc23)n1. The molecule has 31 heavy (non-hydrogen) atoms. The summed E-state index contributed by atoms with van der Waals surface area (Å²) in [7, 11) is 0. The third-order valence-electron chi connectivity index (χ3n) is 5.46. The molecule has 0 amide bonds. The molecule has 0 spiro atoms. The lowest BCUT2D eigenvalue weighted by atomic mass is 9.82. The van der Waals surface area contributed by atoms with Gasteiger partial charge in [0, 0.05) is 34.7 Å². The van der Waals surface area contributed by atoms with Crippen LogP contribution in [0.4, 0.5) is 5.69 Å². The van der Waals surface area contributed by atoms with Gasteiger partial charge in [0.2, 0.25) is 0 Å². The molecule has 1 aliphatic rings. The van der Waals surface area contributed by atoms with Gasteiger partial charge in [0.15, 0.2) is 5.54 Å². The number of nitrogens with one attached hydrogen (secondary N) is 3. The molecular weight excluding hydrogens is 402 g/mol. The second-order valence-electron chi connectivity index (χ2n) is 7.44. The van der Waals surface area contributed by atoms with Crippen LogP contribution in [0, 0.1) is 6.92 Å². The number of thiocarbonyl (C=S) groups is 1. The summed E-state index contributed by atoms with van der Waals surface area (Å²) in [5.74, 6) is 0. The van der Waals surface area contributed by atoms with Gasteiger partial charge in [-0.1, -0.05) is 54.7 Å². The Morgan fingerprint density at radius 1 is 0.935 bits per heavy atom. The van der Waals surface area contributed by atoms with Gasteiger partial charge in [-0.25, -0.2) is 5.43 Å². The summed E-state index contributed by atoms with van der Waals surface area (Å²) >= 11 is 6.02. The van der Waals surface area contributed by atoms with E-state index in [0.29, 0.717) is 4.99 Å². The van der Waals surface area contributed by atoms with Crippen molar-refractivity contribution in [3.05, 3.63) is 108 Å². The number of fused-ring (bicyclic) bond motifs is 1. The molecule has 1 aliphatic heterocycles. The van der Waals surface area contributed by atoms with E-state index in [2.05, 4.69) is 27.2 Å². The molecule has 0 fully saturated rings. The number of nitrogens with zero attached hydrogens (tertiary/aromatic N) is 2. The van der Waals surface area contributed by atoms with Crippen LogP contribution in [0.25, 0.3) is 16.5 Å². The zero-order chi connectivity index (χ0) is 21.3. The number of aromatic nitrogens is 2. The van der Waals surface area contributed by atoms with E-state index in [1.165, 1.54) is 0 Å². The van der Waals surface area contributed by atoms with E-state index < -0.39 is 5.54 Å². The standard InChI is InChI=1S/C25H21N5S/c1-17-8-7-13-23(28-17)25(24(31)29-18-9-3-2-4-10-18)21(16-27-30-25)19-14-15-26-22-12-6-5-11-20(19)22/h2-16,27,30H,1H3,(H,29,31). The van der Waals surface area contributed by atoms with Gasteiger partial charge in [-0.2, -0.15) is 0 Å². The van der Waals surface area contributed by atoms with Crippen molar-refractivity contribution in [2.24, 2.45) is 0 Å². The Balaban J connectivity index is 1.70. The second-order valence-corrected chi connectivity index (χ2v) is 7.85. The van der Waals surface area contributed by atoms with Crippen molar-refractivity contribution in [3.8, 4) is 0 Å². The summed E-state index contributed by atoms with van der Waals surface area (Å²) in [4.78, 5) is 9.99. The first-order valence-electron chi connectivity index (χ1n) is 10.1. The van der Waals surface area contributed by atoms with Crippen LogP contribution in [0.5, 0.6) is 0 Å². The summed E-state index contributed by atoms with van der Waals surface area (Å²) in [5, 5.41) is 4.48. The van der Waals surface area contributed by atoms with Gasteiger partial charge in [0.05, 0.1) is 11.2 Å². The highest BCUT2D eigenvalue weighted by Gasteiger charge is 2.46. The lowest BCUT2D eigenvalue weighted by Gasteiger charge is -2.33. The number of hydrazine groups is 1. The third-order valence-corrected chi connectivity index (χ3v) is 5.87. The van der Waals surface area contributed by atoms with Crippen molar-refractivity contribution >= 4 is 39.4 Å². The second kappa shape index (κ2) is 7.91. The fraction of sp³-hybridized carbons (Fsp3) is 0.0800. The molecule has 5 nitrogen and oxygen atoms in total. The fourth-order valence-electron chi connectivity index (χ4n) is 4.00. The van der Waals surface area contributed by atoms with E-state index in [0.717, 1.165) is 39.1 Å². The first kappa shape index (κ1) is 19.4. The Kier molecular flexibility index (Phi) is 4.94. The minimum atomic E-state index is -0.860. The number of para-hydroxylation sites is 2. The van der Waals surface area contributed by atoms with Crippen molar-refractivity contribution in [2.75, 3.05) is 5.32 Å². The maximum Gasteiger partial charge on any atom is 0.156 e. The monoisotopic (exact) mass is 423 g/mol. The lowest BCUT2D eigenvalue weighted by Crippen LogP contribution is -2.52. The Labute approximate surface area is 186 Å². The number of pyridine rings is 2. The van der Waals surface area contributed by atoms with Crippen molar-refractivity contribution in [1.29, 1.82) is 0 Å². The lowest BCUT2D eigenvalue weighted by molar-refractivity contribution is 0.532. The number of rotatable bonds is 4. The van der Waals surface area contributed by atoms with Crippen molar-refractivity contribution in [3.63, 3.8) is 0 Å². The summed E-state index contributed by atoms with van der Waals surface area (Å²) in [5.41, 5.74) is 11.4. The van der Waals surface area contributed by atoms with Crippen LogP contribution in [-0.2, 0) is 5.54 Å². The third kappa shape index (κ3) is 3.36. The number of hydrogen-bond acceptors (Lipinski definition) is 5. The quantitative estimate of drug-likeness (QED) is 0.413. The van der Waals surface area contributed by atoms with Gasteiger partial charge in [-0.15, -0.1) is 0 Å². The zero-order valence-corrected chi connectivity index (χ0v) is 17.8. The molecule has 0 aliphatic carbocycles. The van der Waals surface area contributed by atoms with Gasteiger partial charge < -0.3 is 10.7 Å². The molecule has 0 bridgehead atoms. The van der Waals surface area contributed by atoms with Gasteiger partial charge in [0.25, 0.3) is 0 Å². The maximum atomic E-state index is 6.02. The first-order chi connectivity index (χ1) is 15.2. The predicted octanol–water partition coefficient (Wildman–Crippen LogP) is 4.72. The van der Waals surface area contributed by atoms with Crippen LogP contribution in [0.1, 0.15) is 17.0 Å².